The number of likely N-dealkylation sites (N-methyl/N-ethyl adjacent to an activating group) is 2. The van der Waals surface area contributed by atoms with E-state index in [0.29, 0.717) is 6.04 Å². The van der Waals surface area contributed by atoms with Crippen molar-refractivity contribution in [3.63, 3.8) is 0 Å². The minimum Gasteiger partial charge on any atom is -0.340 e. The second-order valence-electron chi connectivity index (χ2n) is 5.37. The third-order valence-electron chi connectivity index (χ3n) is 3.80. The third-order valence-corrected chi connectivity index (χ3v) is 3.80. The number of benzene rings is 1. The summed E-state index contributed by atoms with van der Waals surface area (Å²) in [5, 5.41) is 3.31. The van der Waals surface area contributed by atoms with Gasteiger partial charge in [-0.2, -0.15) is 0 Å². The summed E-state index contributed by atoms with van der Waals surface area (Å²) in [6, 6.07) is 10.1. The Labute approximate surface area is 115 Å². The predicted molar refractivity (Wildman–Crippen MR) is 76.9 cm³/mol. The van der Waals surface area contributed by atoms with E-state index in [9.17, 15) is 4.79 Å². The standard InChI is InChI=1S/C15H23N3O/c1-17(2)14(12-7-5-4-6-8-12)15(19)18(3)13-9-10-16-11-13/h4-8,13-14,16H,9-11H2,1-3H3. The van der Waals surface area contributed by atoms with Gasteiger partial charge in [0.25, 0.3) is 0 Å². The fourth-order valence-corrected chi connectivity index (χ4v) is 2.64. The number of amides is 1. The lowest BCUT2D eigenvalue weighted by Gasteiger charge is -2.31. The predicted octanol–water partition coefficient (Wildman–Crippen LogP) is 1.11. The lowest BCUT2D eigenvalue weighted by molar-refractivity contribution is -0.136. The molecule has 2 atom stereocenters. The van der Waals surface area contributed by atoms with E-state index >= 15 is 0 Å². The van der Waals surface area contributed by atoms with Crippen LogP contribution in [0.3, 0.4) is 0 Å². The number of nitrogens with one attached hydrogen (secondary N) is 1. The molecule has 0 radical (unpaired) electrons. The van der Waals surface area contributed by atoms with Gasteiger partial charge in [0, 0.05) is 19.6 Å². The molecule has 1 aliphatic rings. The zero-order chi connectivity index (χ0) is 13.8. The van der Waals surface area contributed by atoms with E-state index < -0.39 is 0 Å². The van der Waals surface area contributed by atoms with Crippen LogP contribution in [0.1, 0.15) is 18.0 Å². The quantitative estimate of drug-likeness (QED) is 0.882. The summed E-state index contributed by atoms with van der Waals surface area (Å²) in [6.07, 6.45) is 1.04. The summed E-state index contributed by atoms with van der Waals surface area (Å²) in [5.74, 6) is 0.171. The van der Waals surface area contributed by atoms with Crippen LogP contribution in [0.25, 0.3) is 0 Å². The Hall–Kier alpha value is -1.39. The molecule has 104 valence electrons. The number of nitrogens with zero attached hydrogens (tertiary/aromatic N) is 2. The molecule has 2 rings (SSSR count). The normalized spacial score (nSPS) is 20.5. The highest BCUT2D eigenvalue weighted by Crippen LogP contribution is 2.22. The van der Waals surface area contributed by atoms with E-state index in [0.717, 1.165) is 25.1 Å². The minimum absolute atomic E-state index is 0.171. The van der Waals surface area contributed by atoms with Gasteiger partial charge < -0.3 is 10.2 Å². The molecule has 1 aromatic rings. The SMILES string of the molecule is CN(C)C(C(=O)N(C)C1CCNC1)c1ccccc1. The Morgan fingerprint density at radius 3 is 2.47 bits per heavy atom. The van der Waals surface area contributed by atoms with Crippen molar-refractivity contribution in [3.05, 3.63) is 35.9 Å². The van der Waals surface area contributed by atoms with E-state index in [4.69, 9.17) is 0 Å². The smallest absolute Gasteiger partial charge is 0.244 e. The average molecular weight is 261 g/mol. The van der Waals surface area contributed by atoms with Gasteiger partial charge in [0.1, 0.15) is 6.04 Å². The number of rotatable bonds is 4. The second kappa shape index (κ2) is 6.17. The lowest BCUT2D eigenvalue weighted by atomic mass is 10.0. The van der Waals surface area contributed by atoms with Crippen LogP contribution in [0, 0.1) is 0 Å². The molecular formula is C15H23N3O. The highest BCUT2D eigenvalue weighted by Gasteiger charge is 2.30. The zero-order valence-corrected chi connectivity index (χ0v) is 12.0. The van der Waals surface area contributed by atoms with E-state index in [2.05, 4.69) is 5.32 Å². The van der Waals surface area contributed by atoms with Crippen LogP contribution >= 0.6 is 0 Å². The molecular weight excluding hydrogens is 238 g/mol. The second-order valence-corrected chi connectivity index (χ2v) is 5.37. The molecule has 1 aromatic carbocycles. The van der Waals surface area contributed by atoms with Crippen LogP contribution in [0.2, 0.25) is 0 Å². The van der Waals surface area contributed by atoms with E-state index in [1.807, 2.05) is 61.3 Å². The fraction of sp³-hybridized carbons (Fsp3) is 0.533. The molecule has 1 fully saturated rings. The van der Waals surface area contributed by atoms with Crippen molar-refractivity contribution in [3.8, 4) is 0 Å². The number of hydrogen-bond donors (Lipinski definition) is 1. The topological polar surface area (TPSA) is 35.6 Å². The Morgan fingerprint density at radius 2 is 1.95 bits per heavy atom. The van der Waals surface area contributed by atoms with Crippen molar-refractivity contribution in [1.29, 1.82) is 0 Å². The summed E-state index contributed by atoms with van der Waals surface area (Å²) in [5.41, 5.74) is 1.05. The molecule has 4 nitrogen and oxygen atoms in total. The highest BCUT2D eigenvalue weighted by atomic mass is 16.2. The molecule has 1 N–H and O–H groups in total. The van der Waals surface area contributed by atoms with Gasteiger partial charge >= 0.3 is 0 Å². The third kappa shape index (κ3) is 3.14. The van der Waals surface area contributed by atoms with Gasteiger partial charge in [-0.25, -0.2) is 0 Å². The van der Waals surface area contributed by atoms with Crippen molar-refractivity contribution in [2.45, 2.75) is 18.5 Å². The highest BCUT2D eigenvalue weighted by molar-refractivity contribution is 5.83. The van der Waals surface area contributed by atoms with Gasteiger partial charge in [0.15, 0.2) is 0 Å². The number of carbonyl (C=O) groups excluding carboxylic acids is 1. The van der Waals surface area contributed by atoms with Crippen molar-refractivity contribution in [1.82, 2.24) is 15.1 Å². The zero-order valence-electron chi connectivity index (χ0n) is 12.0. The first kappa shape index (κ1) is 14.0. The van der Waals surface area contributed by atoms with Gasteiger partial charge in [-0.1, -0.05) is 30.3 Å². The Bertz CT molecular complexity index is 413. The summed E-state index contributed by atoms with van der Waals surface area (Å²) >= 11 is 0. The Morgan fingerprint density at radius 1 is 1.26 bits per heavy atom. The maximum absolute atomic E-state index is 12.7. The van der Waals surface area contributed by atoms with Crippen molar-refractivity contribution in [2.75, 3.05) is 34.2 Å². The first-order valence-corrected chi connectivity index (χ1v) is 6.80. The van der Waals surface area contributed by atoms with Crippen LogP contribution in [-0.2, 0) is 4.79 Å². The molecule has 1 saturated heterocycles. The molecule has 0 spiro atoms. The maximum atomic E-state index is 12.7. The van der Waals surface area contributed by atoms with Crippen LogP contribution in [0.4, 0.5) is 0 Å². The van der Waals surface area contributed by atoms with E-state index in [1.165, 1.54) is 0 Å². The monoisotopic (exact) mass is 261 g/mol. The first-order chi connectivity index (χ1) is 9.11. The number of hydrogen-bond acceptors (Lipinski definition) is 3. The van der Waals surface area contributed by atoms with Crippen LogP contribution in [0.5, 0.6) is 0 Å². The molecule has 0 aromatic heterocycles. The molecule has 1 amide bonds. The summed E-state index contributed by atoms with van der Waals surface area (Å²) in [4.78, 5) is 16.6. The Balaban J connectivity index is 2.17. The lowest BCUT2D eigenvalue weighted by Crippen LogP contribution is -2.44. The van der Waals surface area contributed by atoms with Gasteiger partial charge in [-0.05, 0) is 32.6 Å². The summed E-state index contributed by atoms with van der Waals surface area (Å²) in [7, 11) is 5.83. The molecule has 1 heterocycles. The summed E-state index contributed by atoms with van der Waals surface area (Å²) in [6.45, 7) is 1.90. The van der Waals surface area contributed by atoms with E-state index in [1.54, 1.807) is 0 Å². The van der Waals surface area contributed by atoms with Crippen molar-refractivity contribution < 1.29 is 4.79 Å². The molecule has 4 heteroatoms. The molecule has 2 unspecified atom stereocenters. The summed E-state index contributed by atoms with van der Waals surface area (Å²) < 4.78 is 0. The molecule has 0 saturated carbocycles. The number of carbonyl (C=O) groups is 1. The molecule has 0 aliphatic carbocycles. The van der Waals surface area contributed by atoms with Gasteiger partial charge in [0.2, 0.25) is 5.91 Å². The average Bonchev–Trinajstić information content (AvgIpc) is 2.92. The molecule has 1 aliphatic heterocycles. The van der Waals surface area contributed by atoms with Crippen LogP contribution in [-0.4, -0.2) is 56.0 Å². The molecule has 19 heavy (non-hydrogen) atoms. The fourth-order valence-electron chi connectivity index (χ4n) is 2.64. The van der Waals surface area contributed by atoms with Gasteiger partial charge in [-0.15, -0.1) is 0 Å². The van der Waals surface area contributed by atoms with Crippen LogP contribution in [0.15, 0.2) is 30.3 Å². The maximum Gasteiger partial charge on any atom is 0.244 e. The van der Waals surface area contributed by atoms with Crippen molar-refractivity contribution >= 4 is 5.91 Å². The van der Waals surface area contributed by atoms with Gasteiger partial charge in [0.05, 0.1) is 0 Å². The van der Waals surface area contributed by atoms with E-state index in [-0.39, 0.29) is 11.9 Å². The van der Waals surface area contributed by atoms with Gasteiger partial charge in [-0.3, -0.25) is 9.69 Å². The molecule has 0 bridgehead atoms. The minimum atomic E-state index is -0.202. The largest absolute Gasteiger partial charge is 0.340 e. The first-order valence-electron chi connectivity index (χ1n) is 6.80. The van der Waals surface area contributed by atoms with Crippen LogP contribution < -0.4 is 5.32 Å². The van der Waals surface area contributed by atoms with Crippen molar-refractivity contribution in [2.24, 2.45) is 0 Å². The Kier molecular flexibility index (Phi) is 4.56.